The van der Waals surface area contributed by atoms with Gasteiger partial charge in [-0.3, -0.25) is 4.79 Å². The number of nitrogens with zero attached hydrogens (tertiary/aromatic N) is 3. The maximum atomic E-state index is 12.5. The van der Waals surface area contributed by atoms with Crippen molar-refractivity contribution in [2.75, 3.05) is 30.5 Å². The first kappa shape index (κ1) is 20.1. The van der Waals surface area contributed by atoms with E-state index in [1.54, 1.807) is 23.9 Å². The van der Waals surface area contributed by atoms with Crippen LogP contribution in [0.3, 0.4) is 0 Å². The predicted octanol–water partition coefficient (Wildman–Crippen LogP) is 0.974. The van der Waals surface area contributed by atoms with Gasteiger partial charge < -0.3 is 19.0 Å². The largest absolute Gasteiger partial charge is 0.451 e. The first-order valence-corrected chi connectivity index (χ1v) is 9.73. The number of carbonyl (C=O) groups is 2. The van der Waals surface area contributed by atoms with Crippen LogP contribution in [0.5, 0.6) is 0 Å². The summed E-state index contributed by atoms with van der Waals surface area (Å²) in [7, 11) is -0.688. The highest BCUT2D eigenvalue weighted by Gasteiger charge is 2.31. The number of Topliss-reactive ketones (excluding diaryl/α,β-unsaturated/α-hetero) is 1. The third-order valence-corrected chi connectivity index (χ3v) is 5.03. The van der Waals surface area contributed by atoms with E-state index in [1.165, 1.54) is 0 Å². The summed E-state index contributed by atoms with van der Waals surface area (Å²) >= 11 is 0. The minimum absolute atomic E-state index is 0.191. The van der Waals surface area contributed by atoms with Gasteiger partial charge in [0.05, 0.1) is 11.4 Å². The summed E-state index contributed by atoms with van der Waals surface area (Å²) in [5.74, 6) is -1.87. The van der Waals surface area contributed by atoms with Gasteiger partial charge in [-0.2, -0.15) is 5.26 Å². The Hall–Kier alpha value is -3.62. The molecule has 0 aliphatic carbocycles. The van der Waals surface area contributed by atoms with E-state index >= 15 is 0 Å². The van der Waals surface area contributed by atoms with E-state index in [9.17, 15) is 23.3 Å². The lowest BCUT2D eigenvalue weighted by atomic mass is 10.2. The van der Waals surface area contributed by atoms with Crippen molar-refractivity contribution in [1.82, 2.24) is 0 Å². The van der Waals surface area contributed by atoms with Crippen molar-refractivity contribution in [3.63, 3.8) is 0 Å². The number of carbonyl (C=O) groups excluding carboxylic acids is 2. The van der Waals surface area contributed by atoms with Gasteiger partial charge in [0.2, 0.25) is 16.6 Å². The first-order chi connectivity index (χ1) is 13.6. The minimum atomic E-state index is -4.12. The van der Waals surface area contributed by atoms with E-state index in [-0.39, 0.29) is 5.57 Å². The van der Waals surface area contributed by atoms with Crippen LogP contribution in [0.1, 0.15) is 10.6 Å². The van der Waals surface area contributed by atoms with Crippen LogP contribution >= 0.6 is 0 Å². The molecular formula is C18H16N4O6S. The molecule has 2 N–H and O–H groups in total. The van der Waals surface area contributed by atoms with Gasteiger partial charge in [0, 0.05) is 14.1 Å². The van der Waals surface area contributed by atoms with E-state index in [4.69, 9.17) is 14.3 Å². The standard InChI is InChI=1S/C18H16N4O6S/c1-21-12-5-3-4-6-13(12)22(2)17(21)11(9-19)14(23)10-27-18(24)15-7-8-16(28-15)29(20,25)26/h3-8H,10H2,1-2H3,(H2,20,25,26). The Kier molecular flexibility index (Phi) is 5.15. The Morgan fingerprint density at radius 1 is 1.14 bits per heavy atom. The molecule has 1 aliphatic heterocycles. The number of anilines is 2. The molecule has 1 aromatic heterocycles. The molecule has 0 atom stereocenters. The van der Waals surface area contributed by atoms with E-state index < -0.39 is 39.2 Å². The zero-order valence-electron chi connectivity index (χ0n) is 15.4. The molecule has 0 unspecified atom stereocenters. The SMILES string of the molecule is CN1C(=C(C#N)C(=O)COC(=O)c2ccc(S(N)(=O)=O)o2)N(C)c2ccccc21. The number of para-hydroxylation sites is 2. The lowest BCUT2D eigenvalue weighted by Gasteiger charge is -2.19. The van der Waals surface area contributed by atoms with Crippen LogP contribution in [0.15, 0.2) is 57.3 Å². The molecule has 0 fully saturated rings. The van der Waals surface area contributed by atoms with Crippen LogP contribution in [-0.2, 0) is 19.6 Å². The van der Waals surface area contributed by atoms with Crippen molar-refractivity contribution < 1.29 is 27.2 Å². The number of nitriles is 1. The molecule has 1 aromatic carbocycles. The van der Waals surface area contributed by atoms with Crippen LogP contribution < -0.4 is 14.9 Å². The molecule has 0 spiro atoms. The summed E-state index contributed by atoms with van der Waals surface area (Å²) in [6.45, 7) is -0.728. The molecule has 0 bridgehead atoms. The van der Waals surface area contributed by atoms with Crippen molar-refractivity contribution >= 4 is 33.2 Å². The topological polar surface area (TPSA) is 147 Å². The average molecular weight is 416 g/mol. The highest BCUT2D eigenvalue weighted by molar-refractivity contribution is 7.89. The second-order valence-electron chi connectivity index (χ2n) is 6.08. The van der Waals surface area contributed by atoms with Gasteiger partial charge in [0.15, 0.2) is 6.61 Å². The fourth-order valence-electron chi connectivity index (χ4n) is 2.91. The van der Waals surface area contributed by atoms with Crippen molar-refractivity contribution in [3.05, 3.63) is 53.6 Å². The molecule has 0 saturated heterocycles. The Balaban J connectivity index is 1.78. The van der Waals surface area contributed by atoms with Crippen molar-refractivity contribution in [3.8, 4) is 6.07 Å². The number of esters is 1. The molecule has 10 nitrogen and oxygen atoms in total. The Labute approximate surface area is 166 Å². The number of hydrogen-bond donors (Lipinski definition) is 1. The fourth-order valence-corrected chi connectivity index (χ4v) is 3.38. The zero-order valence-corrected chi connectivity index (χ0v) is 16.3. The number of nitrogens with two attached hydrogens (primary N) is 1. The zero-order chi connectivity index (χ0) is 21.3. The van der Waals surface area contributed by atoms with Crippen LogP contribution in [0.2, 0.25) is 0 Å². The minimum Gasteiger partial charge on any atom is -0.451 e. The van der Waals surface area contributed by atoms with Gasteiger partial charge in [0.1, 0.15) is 17.5 Å². The summed E-state index contributed by atoms with van der Waals surface area (Å²) in [6, 6.07) is 11.3. The number of fused-ring (bicyclic) bond motifs is 1. The number of primary sulfonamides is 1. The Morgan fingerprint density at radius 3 is 2.21 bits per heavy atom. The number of ether oxygens (including phenoxy) is 1. The van der Waals surface area contributed by atoms with E-state index in [2.05, 4.69) is 0 Å². The normalized spacial score (nSPS) is 13.1. The third-order valence-electron chi connectivity index (χ3n) is 4.25. The maximum absolute atomic E-state index is 12.5. The smallest absolute Gasteiger partial charge is 0.374 e. The Morgan fingerprint density at radius 2 is 1.72 bits per heavy atom. The third kappa shape index (κ3) is 3.71. The van der Waals surface area contributed by atoms with Crippen molar-refractivity contribution in [2.45, 2.75) is 5.09 Å². The number of hydrogen-bond acceptors (Lipinski definition) is 9. The van der Waals surface area contributed by atoms with E-state index in [0.29, 0.717) is 5.82 Å². The van der Waals surface area contributed by atoms with Crippen molar-refractivity contribution in [2.24, 2.45) is 5.14 Å². The number of benzene rings is 1. The van der Waals surface area contributed by atoms with Crippen LogP contribution in [0.25, 0.3) is 0 Å². The van der Waals surface area contributed by atoms with Crippen LogP contribution in [0.4, 0.5) is 11.4 Å². The van der Waals surface area contributed by atoms with Gasteiger partial charge in [-0.15, -0.1) is 0 Å². The molecular weight excluding hydrogens is 400 g/mol. The fraction of sp³-hybridized carbons (Fsp3) is 0.167. The van der Waals surface area contributed by atoms with Gasteiger partial charge >= 0.3 is 5.97 Å². The van der Waals surface area contributed by atoms with Gasteiger partial charge in [-0.25, -0.2) is 18.4 Å². The lowest BCUT2D eigenvalue weighted by Crippen LogP contribution is -2.27. The summed E-state index contributed by atoms with van der Waals surface area (Å²) in [5, 5.41) is 13.8. The van der Waals surface area contributed by atoms with Crippen LogP contribution in [0, 0.1) is 11.3 Å². The first-order valence-electron chi connectivity index (χ1n) is 8.19. The summed E-state index contributed by atoms with van der Waals surface area (Å²) in [5.41, 5.74) is 1.44. The Bertz CT molecular complexity index is 1140. The molecule has 3 rings (SSSR count). The molecule has 0 radical (unpaired) electrons. The molecule has 2 aromatic rings. The van der Waals surface area contributed by atoms with Gasteiger partial charge in [0.25, 0.3) is 10.0 Å². The van der Waals surface area contributed by atoms with Crippen LogP contribution in [-0.4, -0.2) is 40.9 Å². The van der Waals surface area contributed by atoms with E-state index in [0.717, 1.165) is 23.5 Å². The molecule has 29 heavy (non-hydrogen) atoms. The predicted molar refractivity (Wildman–Crippen MR) is 101 cm³/mol. The second kappa shape index (κ2) is 7.42. The van der Waals surface area contributed by atoms with Gasteiger partial charge in [-0.1, -0.05) is 12.1 Å². The van der Waals surface area contributed by atoms with Gasteiger partial charge in [-0.05, 0) is 24.3 Å². The monoisotopic (exact) mass is 416 g/mol. The highest BCUT2D eigenvalue weighted by Crippen LogP contribution is 2.40. The molecule has 2 heterocycles. The molecule has 1 aliphatic rings. The summed E-state index contributed by atoms with van der Waals surface area (Å²) in [4.78, 5) is 27.9. The maximum Gasteiger partial charge on any atom is 0.374 e. The number of ketones is 1. The number of furan rings is 1. The molecule has 11 heteroatoms. The molecule has 0 amide bonds. The lowest BCUT2D eigenvalue weighted by molar-refractivity contribution is -0.118. The quantitative estimate of drug-likeness (QED) is 0.428. The number of sulfonamides is 1. The van der Waals surface area contributed by atoms with E-state index in [1.807, 2.05) is 30.3 Å². The second-order valence-corrected chi connectivity index (χ2v) is 7.57. The summed E-state index contributed by atoms with van der Waals surface area (Å²) < 4.78 is 32.1. The molecule has 150 valence electrons. The highest BCUT2D eigenvalue weighted by atomic mass is 32.2. The summed E-state index contributed by atoms with van der Waals surface area (Å²) in [6.07, 6.45) is 0. The number of rotatable bonds is 5. The van der Waals surface area contributed by atoms with Crippen molar-refractivity contribution in [1.29, 1.82) is 5.26 Å². The average Bonchev–Trinajstić information content (AvgIpc) is 3.27. The molecule has 0 saturated carbocycles.